The molecule has 1 aliphatic rings. The molecule has 33 heavy (non-hydrogen) atoms. The van der Waals surface area contributed by atoms with Crippen molar-refractivity contribution in [3.63, 3.8) is 0 Å². The Labute approximate surface area is 193 Å². The van der Waals surface area contributed by atoms with Gasteiger partial charge in [-0.2, -0.15) is 0 Å². The molecule has 0 radical (unpaired) electrons. The van der Waals surface area contributed by atoms with E-state index in [2.05, 4.69) is 16.5 Å². The molecule has 0 bridgehead atoms. The highest BCUT2D eigenvalue weighted by Crippen LogP contribution is 2.19. The van der Waals surface area contributed by atoms with Crippen molar-refractivity contribution >= 4 is 17.8 Å². The molecule has 2 heterocycles. The molecule has 0 saturated carbocycles. The zero-order valence-corrected chi connectivity index (χ0v) is 19.1. The third kappa shape index (κ3) is 5.74. The average Bonchev–Trinajstić information content (AvgIpc) is 2.80. The summed E-state index contributed by atoms with van der Waals surface area (Å²) in [5.41, 5.74) is 0.433. The summed E-state index contributed by atoms with van der Waals surface area (Å²) in [5, 5.41) is 0. The topological polar surface area (TPSA) is 102 Å². The summed E-state index contributed by atoms with van der Waals surface area (Å²) in [7, 11) is 0. The third-order valence-electron chi connectivity index (χ3n) is 5.28. The number of benzene rings is 1. The van der Waals surface area contributed by atoms with Crippen LogP contribution in [0, 0.1) is 13.8 Å². The molecule has 1 saturated heterocycles. The smallest absolute Gasteiger partial charge is 0.342 e. The molecule has 3 rings (SSSR count). The van der Waals surface area contributed by atoms with Crippen molar-refractivity contribution < 1.29 is 23.9 Å². The average molecular weight is 453 g/mol. The van der Waals surface area contributed by atoms with E-state index in [1.54, 1.807) is 35.8 Å². The molecule has 2 amide bonds. The number of rotatable bonds is 7. The van der Waals surface area contributed by atoms with Crippen LogP contribution < -0.4 is 4.74 Å². The van der Waals surface area contributed by atoms with E-state index >= 15 is 0 Å². The number of carbonyl (C=O) groups excluding carboxylic acids is 3. The second-order valence-corrected chi connectivity index (χ2v) is 7.76. The fourth-order valence-electron chi connectivity index (χ4n) is 3.73. The second-order valence-electron chi connectivity index (χ2n) is 7.76. The number of esters is 1. The van der Waals surface area contributed by atoms with E-state index in [9.17, 15) is 14.4 Å². The Morgan fingerprint density at radius 3 is 2.55 bits per heavy atom. The van der Waals surface area contributed by atoms with Gasteiger partial charge in [-0.1, -0.05) is 30.9 Å². The van der Waals surface area contributed by atoms with Crippen LogP contribution in [0.2, 0.25) is 0 Å². The Kier molecular flexibility index (Phi) is 7.76. The first-order valence-electron chi connectivity index (χ1n) is 10.7. The largest absolute Gasteiger partial charge is 0.484 e. The summed E-state index contributed by atoms with van der Waals surface area (Å²) in [6.07, 6.45) is 1.45. The zero-order chi connectivity index (χ0) is 24.0. The predicted molar refractivity (Wildman–Crippen MR) is 121 cm³/mol. The number of aromatic nitrogens is 2. The molecule has 0 N–H and O–H groups in total. The van der Waals surface area contributed by atoms with Crippen LogP contribution in [0.3, 0.4) is 0 Å². The van der Waals surface area contributed by atoms with Crippen LogP contribution in [0.5, 0.6) is 5.75 Å². The van der Waals surface area contributed by atoms with Gasteiger partial charge in [0.1, 0.15) is 29.4 Å². The molecule has 0 aliphatic carbocycles. The normalized spacial score (nSPS) is 15.7. The SMILES string of the molecule is C=CCOC(=O)c1c(C)nc(C)nc1C(=O)N1CCN(C(=O)COc2ccccc2)C(C)C1. The van der Waals surface area contributed by atoms with Crippen LogP contribution in [-0.4, -0.2) is 76.4 Å². The fraction of sp³-hybridized carbons (Fsp3) is 0.375. The monoisotopic (exact) mass is 452 g/mol. The summed E-state index contributed by atoms with van der Waals surface area (Å²) in [4.78, 5) is 50.3. The van der Waals surface area contributed by atoms with Gasteiger partial charge in [0, 0.05) is 25.7 Å². The van der Waals surface area contributed by atoms with Crippen molar-refractivity contribution in [1.82, 2.24) is 19.8 Å². The lowest BCUT2D eigenvalue weighted by Gasteiger charge is -2.39. The van der Waals surface area contributed by atoms with E-state index in [1.165, 1.54) is 6.08 Å². The maximum Gasteiger partial charge on any atom is 0.342 e. The van der Waals surface area contributed by atoms with Gasteiger partial charge in [0.2, 0.25) is 0 Å². The number of ether oxygens (including phenoxy) is 2. The van der Waals surface area contributed by atoms with E-state index in [4.69, 9.17) is 9.47 Å². The number of para-hydroxylation sites is 1. The lowest BCUT2D eigenvalue weighted by Crippen LogP contribution is -2.56. The van der Waals surface area contributed by atoms with Crippen LogP contribution in [0.25, 0.3) is 0 Å². The molecule has 174 valence electrons. The minimum Gasteiger partial charge on any atom is -0.484 e. The number of hydrogen-bond acceptors (Lipinski definition) is 7. The van der Waals surface area contributed by atoms with E-state index in [1.807, 2.05) is 25.1 Å². The van der Waals surface area contributed by atoms with E-state index in [0.29, 0.717) is 36.9 Å². The number of aryl methyl sites for hydroxylation is 2. The van der Waals surface area contributed by atoms with E-state index in [0.717, 1.165) is 0 Å². The van der Waals surface area contributed by atoms with Crippen molar-refractivity contribution in [3.8, 4) is 5.75 Å². The summed E-state index contributed by atoms with van der Waals surface area (Å²) >= 11 is 0. The molecule has 1 unspecified atom stereocenters. The molecule has 1 aromatic heterocycles. The van der Waals surface area contributed by atoms with Crippen molar-refractivity contribution in [2.24, 2.45) is 0 Å². The number of hydrogen-bond donors (Lipinski definition) is 0. The Balaban J connectivity index is 1.70. The Morgan fingerprint density at radius 2 is 1.88 bits per heavy atom. The summed E-state index contributed by atoms with van der Waals surface area (Å²) in [5.74, 6) is -0.209. The number of carbonyl (C=O) groups is 3. The van der Waals surface area contributed by atoms with Crippen LogP contribution in [0.4, 0.5) is 0 Å². The molecule has 1 aromatic carbocycles. The maximum absolute atomic E-state index is 13.3. The lowest BCUT2D eigenvalue weighted by atomic mass is 10.1. The fourth-order valence-corrected chi connectivity index (χ4v) is 3.73. The first kappa shape index (κ1) is 23.9. The van der Waals surface area contributed by atoms with Crippen LogP contribution >= 0.6 is 0 Å². The minimum absolute atomic E-state index is 0.00782. The van der Waals surface area contributed by atoms with Gasteiger partial charge in [0.05, 0.1) is 5.69 Å². The summed E-state index contributed by atoms with van der Waals surface area (Å²) < 4.78 is 10.7. The molecule has 0 spiro atoms. The molecular weight excluding hydrogens is 424 g/mol. The van der Waals surface area contributed by atoms with E-state index < -0.39 is 11.9 Å². The molecule has 9 nitrogen and oxygen atoms in total. The zero-order valence-electron chi connectivity index (χ0n) is 19.1. The van der Waals surface area contributed by atoms with Crippen molar-refractivity contribution in [2.75, 3.05) is 32.8 Å². The lowest BCUT2D eigenvalue weighted by molar-refractivity contribution is -0.137. The molecule has 1 atom stereocenters. The van der Waals surface area contributed by atoms with Gasteiger partial charge < -0.3 is 19.3 Å². The maximum atomic E-state index is 13.3. The van der Waals surface area contributed by atoms with Gasteiger partial charge in [0.25, 0.3) is 11.8 Å². The Morgan fingerprint density at radius 1 is 1.15 bits per heavy atom. The number of piperazine rings is 1. The van der Waals surface area contributed by atoms with Crippen molar-refractivity contribution in [2.45, 2.75) is 26.8 Å². The highest BCUT2D eigenvalue weighted by atomic mass is 16.5. The molecular formula is C24H28N4O5. The first-order valence-corrected chi connectivity index (χ1v) is 10.7. The van der Waals surface area contributed by atoms with Gasteiger partial charge in [-0.05, 0) is 32.9 Å². The number of amides is 2. The molecule has 9 heteroatoms. The molecule has 1 fully saturated rings. The Bertz CT molecular complexity index is 1040. The van der Waals surface area contributed by atoms with Gasteiger partial charge >= 0.3 is 5.97 Å². The van der Waals surface area contributed by atoms with Crippen LogP contribution in [-0.2, 0) is 9.53 Å². The van der Waals surface area contributed by atoms with Crippen LogP contribution in [0.15, 0.2) is 43.0 Å². The first-order chi connectivity index (χ1) is 15.8. The molecule has 2 aromatic rings. The third-order valence-corrected chi connectivity index (χ3v) is 5.28. The van der Waals surface area contributed by atoms with E-state index in [-0.39, 0.29) is 36.4 Å². The number of nitrogens with zero attached hydrogens (tertiary/aromatic N) is 4. The molecule has 1 aliphatic heterocycles. The van der Waals surface area contributed by atoms with Gasteiger partial charge in [0.15, 0.2) is 6.61 Å². The summed E-state index contributed by atoms with van der Waals surface area (Å²) in [6.45, 7) is 9.60. The highest BCUT2D eigenvalue weighted by molar-refractivity contribution is 6.04. The van der Waals surface area contributed by atoms with Gasteiger partial charge in [-0.3, -0.25) is 9.59 Å². The Hall–Kier alpha value is -3.75. The van der Waals surface area contributed by atoms with Gasteiger partial charge in [-0.25, -0.2) is 14.8 Å². The minimum atomic E-state index is -0.671. The summed E-state index contributed by atoms with van der Waals surface area (Å²) in [6, 6.07) is 8.90. The van der Waals surface area contributed by atoms with Crippen molar-refractivity contribution in [1.29, 1.82) is 0 Å². The van der Waals surface area contributed by atoms with Gasteiger partial charge in [-0.15, -0.1) is 0 Å². The highest BCUT2D eigenvalue weighted by Gasteiger charge is 2.33. The quantitative estimate of drug-likeness (QED) is 0.469. The standard InChI is InChI=1S/C24H28N4O5/c1-5-13-32-24(31)21-17(3)25-18(4)26-22(21)23(30)27-11-12-28(16(2)14-27)20(29)15-33-19-9-7-6-8-10-19/h5-10,16H,1,11-15H2,2-4H3. The van der Waals surface area contributed by atoms with Crippen molar-refractivity contribution in [3.05, 3.63) is 65.8 Å². The van der Waals surface area contributed by atoms with Crippen LogP contribution in [0.1, 0.15) is 39.3 Å². The second kappa shape index (κ2) is 10.7. The predicted octanol–water partition coefficient (Wildman–Crippen LogP) is 2.19.